The van der Waals surface area contributed by atoms with E-state index in [2.05, 4.69) is 25.0 Å². The van der Waals surface area contributed by atoms with E-state index in [9.17, 15) is 4.79 Å². The first kappa shape index (κ1) is 14.7. The van der Waals surface area contributed by atoms with Gasteiger partial charge in [-0.1, -0.05) is 5.16 Å². The molecule has 22 heavy (non-hydrogen) atoms. The Morgan fingerprint density at radius 3 is 2.64 bits per heavy atom. The van der Waals surface area contributed by atoms with Crippen LogP contribution in [0.15, 0.2) is 21.5 Å². The van der Waals surface area contributed by atoms with Gasteiger partial charge in [-0.25, -0.2) is 4.68 Å². The van der Waals surface area contributed by atoms with Crippen LogP contribution in [0.1, 0.15) is 18.6 Å². The van der Waals surface area contributed by atoms with Gasteiger partial charge in [0, 0.05) is 45.7 Å². The van der Waals surface area contributed by atoms with Gasteiger partial charge in [0.05, 0.1) is 6.54 Å². The number of nitrogens with zero attached hydrogens (tertiary/aromatic N) is 6. The van der Waals surface area contributed by atoms with Gasteiger partial charge in [-0.3, -0.25) is 9.69 Å². The average molecular weight is 304 g/mol. The lowest BCUT2D eigenvalue weighted by Gasteiger charge is -2.34. The molecule has 3 heterocycles. The van der Waals surface area contributed by atoms with Crippen LogP contribution in [0.5, 0.6) is 0 Å². The first-order valence-corrected chi connectivity index (χ1v) is 7.50. The molecule has 0 aliphatic carbocycles. The summed E-state index contributed by atoms with van der Waals surface area (Å²) < 4.78 is 6.48. The Hall–Kier alpha value is -2.22. The molecule has 0 unspecified atom stereocenters. The Labute approximate surface area is 128 Å². The van der Waals surface area contributed by atoms with Crippen molar-refractivity contribution in [2.24, 2.45) is 0 Å². The maximum absolute atomic E-state index is 11.6. The molecule has 1 aliphatic rings. The summed E-state index contributed by atoms with van der Waals surface area (Å²) >= 11 is 0. The van der Waals surface area contributed by atoms with Crippen molar-refractivity contribution in [1.29, 1.82) is 0 Å². The van der Waals surface area contributed by atoms with E-state index in [0.29, 0.717) is 19.0 Å². The summed E-state index contributed by atoms with van der Waals surface area (Å²) in [6.07, 6.45) is 0. The van der Waals surface area contributed by atoms with Crippen LogP contribution in [0.25, 0.3) is 0 Å². The predicted octanol–water partition coefficient (Wildman–Crippen LogP) is 0.277. The minimum absolute atomic E-state index is 0.0580. The second-order valence-electron chi connectivity index (χ2n) is 5.34. The molecule has 0 atom stereocenters. The molecule has 0 radical (unpaired) electrons. The molecule has 0 saturated carbocycles. The van der Waals surface area contributed by atoms with Crippen LogP contribution < -0.4 is 10.5 Å². The van der Waals surface area contributed by atoms with E-state index in [1.54, 1.807) is 19.1 Å². The van der Waals surface area contributed by atoms with Crippen molar-refractivity contribution >= 4 is 5.82 Å². The van der Waals surface area contributed by atoms with Crippen LogP contribution in [0, 0.1) is 6.92 Å². The zero-order valence-electron chi connectivity index (χ0n) is 12.9. The van der Waals surface area contributed by atoms with E-state index in [0.717, 1.165) is 37.8 Å². The third kappa shape index (κ3) is 3.16. The summed E-state index contributed by atoms with van der Waals surface area (Å²) in [5.74, 6) is 2.18. The quantitative estimate of drug-likeness (QED) is 0.802. The molecule has 0 amide bonds. The van der Waals surface area contributed by atoms with E-state index < -0.39 is 0 Å². The van der Waals surface area contributed by atoms with Gasteiger partial charge in [0.1, 0.15) is 5.82 Å². The van der Waals surface area contributed by atoms with Gasteiger partial charge in [-0.2, -0.15) is 10.1 Å². The molecule has 1 saturated heterocycles. The molecule has 0 bridgehead atoms. The van der Waals surface area contributed by atoms with Gasteiger partial charge < -0.3 is 9.42 Å². The van der Waals surface area contributed by atoms with Crippen LogP contribution in [0.3, 0.4) is 0 Å². The SMILES string of the molecule is CCn1nc(N2CCN(Cc3noc(C)n3)CC2)ccc1=O. The summed E-state index contributed by atoms with van der Waals surface area (Å²) in [5, 5.41) is 8.33. The highest BCUT2D eigenvalue weighted by Crippen LogP contribution is 2.13. The van der Waals surface area contributed by atoms with E-state index in [1.165, 1.54) is 4.68 Å². The molecule has 0 spiro atoms. The summed E-state index contributed by atoms with van der Waals surface area (Å²) in [4.78, 5) is 20.3. The van der Waals surface area contributed by atoms with Gasteiger partial charge in [0.2, 0.25) is 5.89 Å². The topological polar surface area (TPSA) is 80.3 Å². The highest BCUT2D eigenvalue weighted by atomic mass is 16.5. The molecule has 118 valence electrons. The van der Waals surface area contributed by atoms with Crippen LogP contribution in [0.4, 0.5) is 5.82 Å². The molecule has 2 aromatic heterocycles. The van der Waals surface area contributed by atoms with Crippen molar-refractivity contribution in [2.45, 2.75) is 26.9 Å². The van der Waals surface area contributed by atoms with Crippen LogP contribution in [-0.2, 0) is 13.1 Å². The molecule has 1 aliphatic heterocycles. The average Bonchev–Trinajstić information content (AvgIpc) is 2.94. The fourth-order valence-corrected chi connectivity index (χ4v) is 2.57. The first-order valence-electron chi connectivity index (χ1n) is 7.50. The third-order valence-electron chi connectivity index (χ3n) is 3.78. The summed E-state index contributed by atoms with van der Waals surface area (Å²) in [7, 11) is 0. The van der Waals surface area contributed by atoms with Crippen LogP contribution >= 0.6 is 0 Å². The Morgan fingerprint density at radius 2 is 2.00 bits per heavy atom. The van der Waals surface area contributed by atoms with E-state index in [-0.39, 0.29) is 5.56 Å². The van der Waals surface area contributed by atoms with Crippen molar-refractivity contribution in [1.82, 2.24) is 24.8 Å². The number of anilines is 1. The van der Waals surface area contributed by atoms with E-state index in [1.807, 2.05) is 6.92 Å². The minimum Gasteiger partial charge on any atom is -0.353 e. The third-order valence-corrected chi connectivity index (χ3v) is 3.78. The highest BCUT2D eigenvalue weighted by molar-refractivity contribution is 5.37. The first-order chi connectivity index (χ1) is 10.7. The molecular formula is C14H20N6O2. The van der Waals surface area contributed by atoms with Crippen molar-refractivity contribution in [2.75, 3.05) is 31.1 Å². The second kappa shape index (κ2) is 6.27. The smallest absolute Gasteiger partial charge is 0.266 e. The molecule has 1 fully saturated rings. The number of rotatable bonds is 4. The fraction of sp³-hybridized carbons (Fsp3) is 0.571. The number of hydrogen-bond acceptors (Lipinski definition) is 7. The van der Waals surface area contributed by atoms with Crippen molar-refractivity contribution in [3.05, 3.63) is 34.2 Å². The minimum atomic E-state index is -0.0580. The van der Waals surface area contributed by atoms with Gasteiger partial charge in [-0.15, -0.1) is 0 Å². The Bertz CT molecular complexity index is 687. The second-order valence-corrected chi connectivity index (χ2v) is 5.34. The fourth-order valence-electron chi connectivity index (χ4n) is 2.57. The molecule has 3 rings (SSSR count). The van der Waals surface area contributed by atoms with Crippen molar-refractivity contribution < 1.29 is 4.52 Å². The number of piperazine rings is 1. The van der Waals surface area contributed by atoms with E-state index >= 15 is 0 Å². The zero-order valence-corrected chi connectivity index (χ0v) is 12.9. The van der Waals surface area contributed by atoms with Gasteiger partial charge in [0.15, 0.2) is 5.82 Å². The summed E-state index contributed by atoms with van der Waals surface area (Å²) in [5.41, 5.74) is -0.0580. The lowest BCUT2D eigenvalue weighted by Crippen LogP contribution is -2.46. The molecule has 0 aromatic carbocycles. The number of aromatic nitrogens is 4. The summed E-state index contributed by atoms with van der Waals surface area (Å²) in [6, 6.07) is 3.38. The molecule has 8 heteroatoms. The maximum Gasteiger partial charge on any atom is 0.266 e. The van der Waals surface area contributed by atoms with Gasteiger partial charge in [-0.05, 0) is 13.0 Å². The Morgan fingerprint density at radius 1 is 1.23 bits per heavy atom. The van der Waals surface area contributed by atoms with Gasteiger partial charge in [0.25, 0.3) is 5.56 Å². The number of aryl methyl sites for hydroxylation is 2. The number of hydrogen-bond donors (Lipinski definition) is 0. The summed E-state index contributed by atoms with van der Waals surface area (Å²) in [6.45, 7) is 8.54. The molecule has 0 N–H and O–H groups in total. The lowest BCUT2D eigenvalue weighted by molar-refractivity contribution is 0.239. The Kier molecular flexibility index (Phi) is 4.19. The molecule has 8 nitrogen and oxygen atoms in total. The molecule has 2 aromatic rings. The Balaban J connectivity index is 1.60. The molecular weight excluding hydrogens is 284 g/mol. The van der Waals surface area contributed by atoms with Crippen LogP contribution in [0.2, 0.25) is 0 Å². The lowest BCUT2D eigenvalue weighted by atomic mass is 10.3. The predicted molar refractivity (Wildman–Crippen MR) is 80.7 cm³/mol. The van der Waals surface area contributed by atoms with Crippen molar-refractivity contribution in [3.63, 3.8) is 0 Å². The normalized spacial score (nSPS) is 16.2. The largest absolute Gasteiger partial charge is 0.353 e. The standard InChI is InChI=1S/C14H20N6O2/c1-3-20-14(21)5-4-13(16-20)19-8-6-18(7-9-19)10-12-15-11(2)22-17-12/h4-5H,3,6-10H2,1-2H3. The van der Waals surface area contributed by atoms with E-state index in [4.69, 9.17) is 4.52 Å². The zero-order chi connectivity index (χ0) is 15.5. The highest BCUT2D eigenvalue weighted by Gasteiger charge is 2.20. The van der Waals surface area contributed by atoms with Crippen molar-refractivity contribution in [3.8, 4) is 0 Å². The monoisotopic (exact) mass is 304 g/mol. The van der Waals surface area contributed by atoms with Crippen LogP contribution in [-0.4, -0.2) is 51.0 Å². The van der Waals surface area contributed by atoms with Gasteiger partial charge >= 0.3 is 0 Å². The maximum atomic E-state index is 11.6.